The molecule has 0 saturated carbocycles. The third-order valence-electron chi connectivity index (χ3n) is 4.10. The molecular formula is C16H24N2O2S. The molecule has 21 heavy (non-hydrogen) atoms. The van der Waals surface area contributed by atoms with Crippen LogP contribution in [0.5, 0.6) is 0 Å². The molecule has 1 fully saturated rings. The fourth-order valence-corrected chi connectivity index (χ4v) is 3.66. The van der Waals surface area contributed by atoms with Gasteiger partial charge >= 0.3 is 0 Å². The van der Waals surface area contributed by atoms with Crippen molar-refractivity contribution in [3.63, 3.8) is 0 Å². The summed E-state index contributed by atoms with van der Waals surface area (Å²) in [6, 6.07) is 1.97. The van der Waals surface area contributed by atoms with E-state index < -0.39 is 0 Å². The number of imide groups is 1. The number of hydrogen-bond acceptors (Lipinski definition) is 4. The predicted molar refractivity (Wildman–Crippen MR) is 85.2 cm³/mol. The van der Waals surface area contributed by atoms with Crippen molar-refractivity contribution < 1.29 is 9.59 Å². The lowest BCUT2D eigenvalue weighted by Crippen LogP contribution is -2.46. The zero-order chi connectivity index (χ0) is 15.4. The fourth-order valence-electron chi connectivity index (χ4n) is 2.98. The summed E-state index contributed by atoms with van der Waals surface area (Å²) in [6.07, 6.45) is 2.83. The molecule has 2 atom stereocenters. The standard InChI is InChI=1S/C16H24N2O2S/c1-4-13(5-2)18-15(19)9-14(16(18)20)17-11(3)8-12-6-7-21-10-12/h6-7,10-11,13-14,17H,4-5,8-9H2,1-3H3. The normalized spacial score (nSPS) is 20.6. The van der Waals surface area contributed by atoms with Crippen LogP contribution in [-0.4, -0.2) is 34.8 Å². The minimum absolute atomic E-state index is 0.0334. The summed E-state index contributed by atoms with van der Waals surface area (Å²) in [6.45, 7) is 6.11. The number of carbonyl (C=O) groups excluding carboxylic acids is 2. The van der Waals surface area contributed by atoms with Gasteiger partial charge in [0.2, 0.25) is 11.8 Å². The Morgan fingerprint density at radius 1 is 1.38 bits per heavy atom. The largest absolute Gasteiger partial charge is 0.303 e. The van der Waals surface area contributed by atoms with Crippen LogP contribution in [0.1, 0.15) is 45.6 Å². The summed E-state index contributed by atoms with van der Waals surface area (Å²) in [7, 11) is 0. The Balaban J connectivity index is 1.95. The summed E-state index contributed by atoms with van der Waals surface area (Å²) in [5.41, 5.74) is 1.27. The van der Waals surface area contributed by atoms with E-state index in [2.05, 4.69) is 29.1 Å². The Labute approximate surface area is 130 Å². The first-order chi connectivity index (χ1) is 10.1. The molecule has 1 N–H and O–H groups in total. The highest BCUT2D eigenvalue weighted by Crippen LogP contribution is 2.21. The van der Waals surface area contributed by atoms with Crippen molar-refractivity contribution in [1.82, 2.24) is 10.2 Å². The van der Waals surface area contributed by atoms with E-state index in [1.807, 2.05) is 13.8 Å². The van der Waals surface area contributed by atoms with Crippen LogP contribution in [0.4, 0.5) is 0 Å². The number of rotatable bonds is 7. The molecule has 116 valence electrons. The number of thiophene rings is 1. The van der Waals surface area contributed by atoms with Crippen LogP contribution in [0.15, 0.2) is 16.8 Å². The van der Waals surface area contributed by atoms with Crippen LogP contribution >= 0.6 is 11.3 Å². The van der Waals surface area contributed by atoms with Crippen molar-refractivity contribution in [1.29, 1.82) is 0 Å². The minimum Gasteiger partial charge on any atom is -0.303 e. The maximum Gasteiger partial charge on any atom is 0.247 e. The quantitative estimate of drug-likeness (QED) is 0.788. The van der Waals surface area contributed by atoms with Crippen LogP contribution < -0.4 is 5.32 Å². The van der Waals surface area contributed by atoms with Gasteiger partial charge in [-0.2, -0.15) is 11.3 Å². The van der Waals surface area contributed by atoms with E-state index in [9.17, 15) is 9.59 Å². The number of hydrogen-bond donors (Lipinski definition) is 1. The van der Waals surface area contributed by atoms with Gasteiger partial charge in [-0.15, -0.1) is 0 Å². The van der Waals surface area contributed by atoms with E-state index in [-0.39, 0.29) is 29.9 Å². The van der Waals surface area contributed by atoms with Gasteiger partial charge < -0.3 is 5.32 Å². The lowest BCUT2D eigenvalue weighted by atomic mass is 10.1. The molecule has 1 aliphatic heterocycles. The lowest BCUT2D eigenvalue weighted by molar-refractivity contribution is -0.141. The summed E-state index contributed by atoms with van der Waals surface area (Å²) in [4.78, 5) is 26.1. The number of carbonyl (C=O) groups is 2. The molecule has 4 nitrogen and oxygen atoms in total. The average Bonchev–Trinajstić information content (AvgIpc) is 3.03. The van der Waals surface area contributed by atoms with Gasteiger partial charge in [-0.1, -0.05) is 13.8 Å². The Morgan fingerprint density at radius 3 is 2.67 bits per heavy atom. The molecule has 0 spiro atoms. The van der Waals surface area contributed by atoms with Crippen LogP contribution in [0, 0.1) is 0 Å². The summed E-state index contributed by atoms with van der Waals surface area (Å²) < 4.78 is 0. The van der Waals surface area contributed by atoms with Gasteiger partial charge in [0.1, 0.15) is 0 Å². The molecule has 0 aromatic carbocycles. The first-order valence-corrected chi connectivity index (χ1v) is 8.64. The maximum atomic E-state index is 12.5. The highest BCUT2D eigenvalue weighted by atomic mass is 32.1. The molecule has 0 radical (unpaired) electrons. The lowest BCUT2D eigenvalue weighted by Gasteiger charge is -2.25. The van der Waals surface area contributed by atoms with E-state index in [1.165, 1.54) is 10.5 Å². The van der Waals surface area contributed by atoms with Crippen molar-refractivity contribution in [3.8, 4) is 0 Å². The summed E-state index contributed by atoms with van der Waals surface area (Å²) >= 11 is 1.68. The van der Waals surface area contributed by atoms with E-state index in [4.69, 9.17) is 0 Å². The fraction of sp³-hybridized carbons (Fsp3) is 0.625. The van der Waals surface area contributed by atoms with Gasteiger partial charge in [-0.3, -0.25) is 14.5 Å². The van der Waals surface area contributed by atoms with Gasteiger partial charge in [-0.05, 0) is 48.6 Å². The molecule has 1 aliphatic rings. The van der Waals surface area contributed by atoms with Crippen molar-refractivity contribution in [2.24, 2.45) is 0 Å². The molecule has 2 amide bonds. The van der Waals surface area contributed by atoms with Gasteiger partial charge in [0.25, 0.3) is 0 Å². The third kappa shape index (κ3) is 3.71. The minimum atomic E-state index is -0.355. The molecule has 1 aromatic rings. The molecule has 5 heteroatoms. The van der Waals surface area contributed by atoms with Crippen LogP contribution in [0.25, 0.3) is 0 Å². The van der Waals surface area contributed by atoms with Gasteiger partial charge in [-0.25, -0.2) is 0 Å². The molecule has 2 rings (SSSR count). The van der Waals surface area contributed by atoms with Crippen molar-refractivity contribution >= 4 is 23.2 Å². The SMILES string of the molecule is CCC(CC)N1C(=O)CC(NC(C)Cc2ccsc2)C1=O. The molecule has 0 aliphatic carbocycles. The molecule has 2 unspecified atom stereocenters. The number of nitrogens with zero attached hydrogens (tertiary/aromatic N) is 1. The van der Waals surface area contributed by atoms with Gasteiger partial charge in [0, 0.05) is 12.1 Å². The monoisotopic (exact) mass is 308 g/mol. The van der Waals surface area contributed by atoms with Crippen molar-refractivity contribution in [2.45, 2.75) is 64.6 Å². The van der Waals surface area contributed by atoms with E-state index >= 15 is 0 Å². The average molecular weight is 308 g/mol. The molecule has 1 saturated heterocycles. The zero-order valence-corrected chi connectivity index (χ0v) is 13.8. The first-order valence-electron chi connectivity index (χ1n) is 7.69. The van der Waals surface area contributed by atoms with Gasteiger partial charge in [0.15, 0.2) is 0 Å². The van der Waals surface area contributed by atoms with Crippen LogP contribution in [0.2, 0.25) is 0 Å². The third-order valence-corrected chi connectivity index (χ3v) is 4.83. The summed E-state index contributed by atoms with van der Waals surface area (Å²) in [5, 5.41) is 7.50. The second-order valence-electron chi connectivity index (χ2n) is 5.73. The Bertz CT molecular complexity index is 482. The molecular weight excluding hydrogens is 284 g/mol. The maximum absolute atomic E-state index is 12.5. The Kier molecular flexibility index (Phi) is 5.53. The number of amides is 2. The zero-order valence-electron chi connectivity index (χ0n) is 13.0. The van der Waals surface area contributed by atoms with E-state index in [1.54, 1.807) is 11.3 Å². The molecule has 1 aromatic heterocycles. The van der Waals surface area contributed by atoms with Crippen LogP contribution in [-0.2, 0) is 16.0 Å². The first kappa shape index (κ1) is 16.2. The highest BCUT2D eigenvalue weighted by molar-refractivity contribution is 7.07. The molecule has 0 bridgehead atoms. The Hall–Kier alpha value is -1.20. The number of nitrogens with one attached hydrogen (secondary N) is 1. The van der Waals surface area contributed by atoms with E-state index in [0.29, 0.717) is 6.42 Å². The smallest absolute Gasteiger partial charge is 0.247 e. The van der Waals surface area contributed by atoms with Crippen molar-refractivity contribution in [3.05, 3.63) is 22.4 Å². The Morgan fingerprint density at radius 2 is 2.10 bits per heavy atom. The highest BCUT2D eigenvalue weighted by Gasteiger charge is 2.41. The number of likely N-dealkylation sites (tertiary alicyclic amines) is 1. The van der Waals surface area contributed by atoms with Gasteiger partial charge in [0.05, 0.1) is 12.5 Å². The second kappa shape index (κ2) is 7.18. The molecule has 2 heterocycles. The predicted octanol–water partition coefficient (Wildman–Crippen LogP) is 2.58. The topological polar surface area (TPSA) is 49.4 Å². The van der Waals surface area contributed by atoms with Crippen molar-refractivity contribution in [2.75, 3.05) is 0 Å². The van der Waals surface area contributed by atoms with Crippen LogP contribution in [0.3, 0.4) is 0 Å². The van der Waals surface area contributed by atoms with E-state index in [0.717, 1.165) is 19.3 Å². The summed E-state index contributed by atoms with van der Waals surface area (Å²) in [5.74, 6) is -0.0835. The second-order valence-corrected chi connectivity index (χ2v) is 6.51.